The van der Waals surface area contributed by atoms with E-state index in [1.807, 2.05) is 22.7 Å². The number of aryl methyl sites for hydroxylation is 2. The molecule has 0 aliphatic rings. The Morgan fingerprint density at radius 1 is 0.850 bits per heavy atom. The van der Waals surface area contributed by atoms with Gasteiger partial charge in [-0.2, -0.15) is 0 Å². The first kappa shape index (κ1) is 15.7. The first-order valence-electron chi connectivity index (χ1n) is 7.07. The van der Waals surface area contributed by atoms with E-state index in [0.717, 1.165) is 12.8 Å². The van der Waals surface area contributed by atoms with Crippen LogP contribution in [0.1, 0.15) is 34.7 Å². The largest absolute Gasteiger partial charge is 0.328 e. The van der Waals surface area contributed by atoms with Gasteiger partial charge in [0, 0.05) is 31.6 Å². The van der Waals surface area contributed by atoms with Crippen LogP contribution in [0, 0.1) is 13.8 Å². The van der Waals surface area contributed by atoms with E-state index in [4.69, 9.17) is 11.5 Å². The maximum atomic E-state index is 5.91. The van der Waals surface area contributed by atoms with Crippen LogP contribution in [-0.4, -0.2) is 12.1 Å². The highest BCUT2D eigenvalue weighted by Crippen LogP contribution is 2.40. The first-order chi connectivity index (χ1) is 9.36. The number of hydrogen-bond acceptors (Lipinski definition) is 4. The van der Waals surface area contributed by atoms with E-state index in [0.29, 0.717) is 0 Å². The van der Waals surface area contributed by atoms with E-state index in [1.54, 1.807) is 0 Å². The van der Waals surface area contributed by atoms with Crippen molar-refractivity contribution in [3.05, 3.63) is 33.0 Å². The highest BCUT2D eigenvalue weighted by molar-refractivity contribution is 7.22. The van der Waals surface area contributed by atoms with Crippen LogP contribution in [0.2, 0.25) is 0 Å². The Kier molecular flexibility index (Phi) is 5.02. The summed E-state index contributed by atoms with van der Waals surface area (Å²) in [6, 6.07) is 5.01. The highest BCUT2D eigenvalue weighted by Gasteiger charge is 2.14. The van der Waals surface area contributed by atoms with Crippen LogP contribution in [0.5, 0.6) is 0 Å². The minimum absolute atomic E-state index is 0.221. The SMILES string of the molecule is Cc1cc(CC(C)N)sc1-c1sc(CC(C)N)cc1C. The molecule has 0 fully saturated rings. The lowest BCUT2D eigenvalue weighted by Crippen LogP contribution is -2.16. The number of thiophene rings is 2. The predicted molar refractivity (Wildman–Crippen MR) is 91.8 cm³/mol. The second kappa shape index (κ2) is 6.39. The van der Waals surface area contributed by atoms with Crippen LogP contribution < -0.4 is 11.5 Å². The Hall–Kier alpha value is -0.680. The van der Waals surface area contributed by atoms with Crippen molar-refractivity contribution >= 4 is 22.7 Å². The molecule has 2 heterocycles. The van der Waals surface area contributed by atoms with Crippen molar-refractivity contribution in [2.75, 3.05) is 0 Å². The first-order valence-corrected chi connectivity index (χ1v) is 8.70. The van der Waals surface area contributed by atoms with Crippen LogP contribution in [0.25, 0.3) is 9.75 Å². The van der Waals surface area contributed by atoms with Crippen molar-refractivity contribution in [2.24, 2.45) is 11.5 Å². The van der Waals surface area contributed by atoms with Gasteiger partial charge in [0.15, 0.2) is 0 Å². The third-order valence-corrected chi connectivity index (χ3v) is 5.87. The lowest BCUT2D eigenvalue weighted by atomic mass is 10.1. The zero-order chi connectivity index (χ0) is 14.9. The molecule has 4 heteroatoms. The molecule has 0 aliphatic heterocycles. The monoisotopic (exact) mass is 308 g/mol. The third-order valence-electron chi connectivity index (χ3n) is 3.19. The summed E-state index contributed by atoms with van der Waals surface area (Å²) >= 11 is 3.77. The van der Waals surface area contributed by atoms with Crippen LogP contribution in [0.15, 0.2) is 12.1 Å². The molecule has 0 aromatic carbocycles. The molecule has 0 aliphatic carbocycles. The van der Waals surface area contributed by atoms with Gasteiger partial charge in [-0.05, 0) is 63.8 Å². The fourth-order valence-electron chi connectivity index (χ4n) is 2.38. The van der Waals surface area contributed by atoms with Gasteiger partial charge in [-0.1, -0.05) is 0 Å². The molecule has 0 bridgehead atoms. The molecule has 20 heavy (non-hydrogen) atoms. The van der Waals surface area contributed by atoms with Crippen LogP contribution >= 0.6 is 22.7 Å². The van der Waals surface area contributed by atoms with Crippen molar-refractivity contribution in [3.63, 3.8) is 0 Å². The number of rotatable bonds is 5. The third kappa shape index (κ3) is 3.70. The van der Waals surface area contributed by atoms with Gasteiger partial charge in [0.1, 0.15) is 0 Å². The molecule has 0 amide bonds. The Bertz CT molecular complexity index is 527. The minimum Gasteiger partial charge on any atom is -0.328 e. The molecule has 2 atom stereocenters. The van der Waals surface area contributed by atoms with Gasteiger partial charge in [0.2, 0.25) is 0 Å². The summed E-state index contributed by atoms with van der Waals surface area (Å²) in [6.45, 7) is 8.51. The summed E-state index contributed by atoms with van der Waals surface area (Å²) in [5, 5.41) is 0. The fourth-order valence-corrected chi connectivity index (χ4v) is 5.27. The summed E-state index contributed by atoms with van der Waals surface area (Å²) in [5.74, 6) is 0. The minimum atomic E-state index is 0.221. The molecule has 2 aromatic heterocycles. The van der Waals surface area contributed by atoms with Gasteiger partial charge in [-0.25, -0.2) is 0 Å². The molecule has 0 radical (unpaired) electrons. The summed E-state index contributed by atoms with van der Waals surface area (Å²) < 4.78 is 0. The van der Waals surface area contributed by atoms with Gasteiger partial charge in [0.05, 0.1) is 0 Å². The fraction of sp³-hybridized carbons (Fsp3) is 0.500. The Morgan fingerprint density at radius 3 is 1.50 bits per heavy atom. The number of hydrogen-bond donors (Lipinski definition) is 2. The van der Waals surface area contributed by atoms with E-state index in [9.17, 15) is 0 Å². The van der Waals surface area contributed by atoms with Crippen LogP contribution in [0.4, 0.5) is 0 Å². The summed E-state index contributed by atoms with van der Waals surface area (Å²) in [6.07, 6.45) is 1.92. The smallest absolute Gasteiger partial charge is 0.0477 e. The second-order valence-corrected chi connectivity index (χ2v) is 8.09. The Morgan fingerprint density at radius 2 is 1.20 bits per heavy atom. The molecule has 4 N–H and O–H groups in total. The molecule has 0 saturated carbocycles. The van der Waals surface area contributed by atoms with E-state index in [2.05, 4.69) is 39.8 Å². The van der Waals surface area contributed by atoms with Crippen LogP contribution in [0.3, 0.4) is 0 Å². The van der Waals surface area contributed by atoms with Crippen LogP contribution in [-0.2, 0) is 12.8 Å². The summed E-state index contributed by atoms with van der Waals surface area (Å²) in [7, 11) is 0. The Balaban J connectivity index is 2.31. The molecule has 2 aromatic rings. The molecular weight excluding hydrogens is 284 g/mol. The van der Waals surface area contributed by atoms with E-state index in [-0.39, 0.29) is 12.1 Å². The normalized spacial score (nSPS) is 14.5. The topological polar surface area (TPSA) is 52.0 Å². The molecule has 0 spiro atoms. The van der Waals surface area contributed by atoms with Gasteiger partial charge < -0.3 is 11.5 Å². The van der Waals surface area contributed by atoms with Crippen molar-refractivity contribution in [2.45, 2.75) is 52.6 Å². The standard InChI is InChI=1S/C16H24N2S2/c1-9-5-13(7-11(3)17)19-15(9)16-10(2)6-14(20-16)8-12(4)18/h5-6,11-12H,7-8,17-18H2,1-4H3. The second-order valence-electron chi connectivity index (χ2n) is 5.81. The predicted octanol–water partition coefficient (Wildman–Crippen LogP) is 3.87. The lowest BCUT2D eigenvalue weighted by molar-refractivity contribution is 0.746. The van der Waals surface area contributed by atoms with Crippen molar-refractivity contribution < 1.29 is 0 Å². The van der Waals surface area contributed by atoms with Gasteiger partial charge >= 0.3 is 0 Å². The van der Waals surface area contributed by atoms with E-state index >= 15 is 0 Å². The van der Waals surface area contributed by atoms with Crippen molar-refractivity contribution in [3.8, 4) is 9.75 Å². The maximum Gasteiger partial charge on any atom is 0.0477 e. The summed E-state index contributed by atoms with van der Waals surface area (Å²) in [4.78, 5) is 5.57. The molecule has 2 unspecified atom stereocenters. The average Bonchev–Trinajstić information content (AvgIpc) is 2.80. The zero-order valence-corrected chi connectivity index (χ0v) is 14.3. The molecular formula is C16H24N2S2. The number of nitrogens with two attached hydrogens (primary N) is 2. The van der Waals surface area contributed by atoms with Gasteiger partial charge in [0.25, 0.3) is 0 Å². The average molecular weight is 309 g/mol. The zero-order valence-electron chi connectivity index (χ0n) is 12.7. The molecule has 0 saturated heterocycles. The Labute approximate surface area is 129 Å². The van der Waals surface area contributed by atoms with E-state index < -0.39 is 0 Å². The highest BCUT2D eigenvalue weighted by atomic mass is 32.1. The molecule has 110 valence electrons. The lowest BCUT2D eigenvalue weighted by Gasteiger charge is -2.01. The van der Waals surface area contributed by atoms with Gasteiger partial charge in [-0.3, -0.25) is 0 Å². The van der Waals surface area contributed by atoms with Gasteiger partial charge in [-0.15, -0.1) is 22.7 Å². The quantitative estimate of drug-likeness (QED) is 0.881. The van der Waals surface area contributed by atoms with Crippen molar-refractivity contribution in [1.82, 2.24) is 0 Å². The summed E-state index contributed by atoms with van der Waals surface area (Å²) in [5.41, 5.74) is 14.5. The molecule has 2 rings (SSSR count). The van der Waals surface area contributed by atoms with Crippen molar-refractivity contribution in [1.29, 1.82) is 0 Å². The molecule has 2 nitrogen and oxygen atoms in total. The maximum absolute atomic E-state index is 5.91. The van der Waals surface area contributed by atoms with E-state index in [1.165, 1.54) is 30.6 Å².